The van der Waals surface area contributed by atoms with Gasteiger partial charge in [-0.3, -0.25) is 14.6 Å². The average Bonchev–Trinajstić information content (AvgIpc) is 3.77. The van der Waals surface area contributed by atoms with Crippen LogP contribution in [0.15, 0.2) is 34.3 Å². The molecule has 11 nitrogen and oxygen atoms in total. The van der Waals surface area contributed by atoms with Crippen molar-refractivity contribution in [3.8, 4) is 5.75 Å². The number of aromatic nitrogens is 2. The van der Waals surface area contributed by atoms with Gasteiger partial charge in [0.1, 0.15) is 12.2 Å². The third-order valence-electron chi connectivity index (χ3n) is 6.52. The maximum absolute atomic E-state index is 12.5. The van der Waals surface area contributed by atoms with Crippen LogP contribution >= 0.6 is 0 Å². The van der Waals surface area contributed by atoms with E-state index in [1.807, 2.05) is 0 Å². The van der Waals surface area contributed by atoms with E-state index in [0.29, 0.717) is 28.6 Å². The number of carbonyl (C=O) groups excluding carboxylic acids is 2. The Bertz CT molecular complexity index is 1190. The molecule has 0 radical (unpaired) electrons. The van der Waals surface area contributed by atoms with Crippen LogP contribution in [-0.2, 0) is 4.79 Å². The SMILES string of the molecule is CCC(C)CC(CC)N=CN=C(N)c1cccc(Nc2cc(NC(=O)C3CC3)nnc2C(=O)NC)c1OC. The Labute approximate surface area is 223 Å². The number of para-hydroxylation sites is 1. The number of carbonyl (C=O) groups is 2. The fourth-order valence-corrected chi connectivity index (χ4v) is 3.83. The number of hydrogen-bond acceptors (Lipinski definition) is 7. The molecule has 1 saturated carbocycles. The maximum Gasteiger partial charge on any atom is 0.273 e. The molecule has 1 heterocycles. The van der Waals surface area contributed by atoms with Gasteiger partial charge in [-0.25, -0.2) is 4.99 Å². The van der Waals surface area contributed by atoms with E-state index in [0.717, 1.165) is 32.1 Å². The van der Waals surface area contributed by atoms with Crippen molar-refractivity contribution in [2.75, 3.05) is 24.8 Å². The summed E-state index contributed by atoms with van der Waals surface area (Å²) in [6, 6.07) is 7.11. The molecule has 5 N–H and O–H groups in total. The van der Waals surface area contributed by atoms with Gasteiger partial charge in [-0.15, -0.1) is 10.2 Å². The van der Waals surface area contributed by atoms with Gasteiger partial charge in [-0.1, -0.05) is 33.3 Å². The largest absolute Gasteiger partial charge is 0.494 e. The number of rotatable bonds is 13. The van der Waals surface area contributed by atoms with Crippen LogP contribution in [0.1, 0.15) is 68.9 Å². The maximum atomic E-state index is 12.5. The monoisotopic (exact) mass is 522 g/mol. The van der Waals surface area contributed by atoms with Crippen molar-refractivity contribution in [2.24, 2.45) is 27.6 Å². The normalized spacial score (nSPS) is 15.1. The van der Waals surface area contributed by atoms with Crippen molar-refractivity contribution in [3.63, 3.8) is 0 Å². The Kier molecular flexibility index (Phi) is 10.1. The molecule has 1 aromatic carbocycles. The van der Waals surface area contributed by atoms with Crippen LogP contribution < -0.4 is 26.4 Å². The lowest BCUT2D eigenvalue weighted by Gasteiger charge is -2.16. The van der Waals surface area contributed by atoms with Crippen molar-refractivity contribution >= 4 is 41.2 Å². The van der Waals surface area contributed by atoms with Crippen molar-refractivity contribution < 1.29 is 14.3 Å². The Morgan fingerprint density at radius 2 is 1.97 bits per heavy atom. The van der Waals surface area contributed by atoms with Crippen molar-refractivity contribution in [1.29, 1.82) is 0 Å². The summed E-state index contributed by atoms with van der Waals surface area (Å²) in [6.45, 7) is 6.51. The lowest BCUT2D eigenvalue weighted by Crippen LogP contribution is -2.22. The van der Waals surface area contributed by atoms with Gasteiger partial charge in [0, 0.05) is 19.0 Å². The number of aliphatic imine (C=N–C) groups is 2. The first-order valence-corrected chi connectivity index (χ1v) is 13.0. The fourth-order valence-electron chi connectivity index (χ4n) is 3.83. The minimum Gasteiger partial charge on any atom is -0.494 e. The molecule has 2 atom stereocenters. The summed E-state index contributed by atoms with van der Waals surface area (Å²) in [5.41, 5.74) is 7.81. The van der Waals surface area contributed by atoms with Crippen molar-refractivity contribution in [3.05, 3.63) is 35.5 Å². The zero-order valence-electron chi connectivity index (χ0n) is 22.7. The second-order valence-electron chi connectivity index (χ2n) is 9.44. The van der Waals surface area contributed by atoms with E-state index in [1.165, 1.54) is 20.5 Å². The Balaban J connectivity index is 1.89. The van der Waals surface area contributed by atoms with Crippen LogP contribution in [0.2, 0.25) is 0 Å². The van der Waals surface area contributed by atoms with Crippen LogP contribution in [-0.4, -0.2) is 54.4 Å². The number of nitrogens with one attached hydrogen (secondary N) is 3. The second-order valence-corrected chi connectivity index (χ2v) is 9.44. The summed E-state index contributed by atoms with van der Waals surface area (Å²) in [5.74, 6) is 0.949. The van der Waals surface area contributed by atoms with E-state index < -0.39 is 5.91 Å². The van der Waals surface area contributed by atoms with Gasteiger partial charge in [-0.2, -0.15) is 0 Å². The summed E-state index contributed by atoms with van der Waals surface area (Å²) in [7, 11) is 3.03. The molecule has 204 valence electrons. The molecule has 1 aliphatic rings. The molecule has 2 amide bonds. The smallest absolute Gasteiger partial charge is 0.273 e. The van der Waals surface area contributed by atoms with Crippen molar-refractivity contribution in [1.82, 2.24) is 15.5 Å². The van der Waals surface area contributed by atoms with Crippen LogP contribution in [0.25, 0.3) is 0 Å². The Morgan fingerprint density at radius 3 is 2.61 bits per heavy atom. The van der Waals surface area contributed by atoms with E-state index >= 15 is 0 Å². The lowest BCUT2D eigenvalue weighted by atomic mass is 9.98. The summed E-state index contributed by atoms with van der Waals surface area (Å²) in [6.07, 6.45) is 6.26. The molecule has 11 heteroatoms. The van der Waals surface area contributed by atoms with Gasteiger partial charge in [0.15, 0.2) is 17.3 Å². The molecule has 1 aliphatic carbocycles. The van der Waals surface area contributed by atoms with Crippen LogP contribution in [0, 0.1) is 11.8 Å². The zero-order chi connectivity index (χ0) is 27.7. The average molecular weight is 523 g/mol. The Hall–Kier alpha value is -4.02. The van der Waals surface area contributed by atoms with Crippen LogP contribution in [0.5, 0.6) is 5.75 Å². The number of benzene rings is 1. The second kappa shape index (κ2) is 13.5. The van der Waals surface area contributed by atoms with E-state index in [-0.39, 0.29) is 35.2 Å². The number of nitrogens with zero attached hydrogens (tertiary/aromatic N) is 4. The first kappa shape index (κ1) is 28.5. The van der Waals surface area contributed by atoms with Crippen LogP contribution in [0.3, 0.4) is 0 Å². The molecule has 1 fully saturated rings. The minimum atomic E-state index is -0.435. The minimum absolute atomic E-state index is 0.00273. The predicted octanol–water partition coefficient (Wildman–Crippen LogP) is 3.89. The number of ether oxygens (including phenoxy) is 1. The zero-order valence-corrected chi connectivity index (χ0v) is 22.7. The Morgan fingerprint density at radius 1 is 1.21 bits per heavy atom. The molecule has 2 aromatic rings. The van der Waals surface area contributed by atoms with Gasteiger partial charge in [-0.05, 0) is 43.7 Å². The van der Waals surface area contributed by atoms with Gasteiger partial charge < -0.3 is 26.4 Å². The van der Waals surface area contributed by atoms with E-state index in [2.05, 4.69) is 56.9 Å². The van der Waals surface area contributed by atoms with Crippen LogP contribution in [0.4, 0.5) is 17.2 Å². The van der Waals surface area contributed by atoms with Gasteiger partial charge in [0.25, 0.3) is 5.91 Å². The topological polar surface area (TPSA) is 156 Å². The van der Waals surface area contributed by atoms with Gasteiger partial charge >= 0.3 is 0 Å². The number of amidine groups is 1. The predicted molar refractivity (Wildman–Crippen MR) is 150 cm³/mol. The summed E-state index contributed by atoms with van der Waals surface area (Å²) < 4.78 is 5.67. The number of hydrogen-bond donors (Lipinski definition) is 4. The third-order valence-corrected chi connectivity index (χ3v) is 6.52. The van der Waals surface area contributed by atoms with E-state index in [9.17, 15) is 9.59 Å². The quantitative estimate of drug-likeness (QED) is 0.230. The number of methoxy groups -OCH3 is 1. The highest BCUT2D eigenvalue weighted by Crippen LogP contribution is 2.33. The van der Waals surface area contributed by atoms with E-state index in [1.54, 1.807) is 24.3 Å². The highest BCUT2D eigenvalue weighted by Gasteiger charge is 2.30. The summed E-state index contributed by atoms with van der Waals surface area (Å²) >= 11 is 0. The molecule has 3 rings (SSSR count). The standard InChI is InChI=1S/C27H38N8O3/c1-6-16(3)13-18(7-2)30-15-31-25(28)19-9-8-10-20(24(19)38-5)32-21-14-22(33-26(36)17-11-12-17)34-35-23(21)27(37)29-4/h8-10,14-18H,6-7,11-13H2,1-5H3,(H,29,37)(H2,28,30,31)(H2,32,33,34,36). The van der Waals surface area contributed by atoms with E-state index in [4.69, 9.17) is 10.5 Å². The van der Waals surface area contributed by atoms with Gasteiger partial charge in [0.05, 0.1) is 30.1 Å². The number of nitrogens with two attached hydrogens (primary N) is 1. The molecule has 0 bridgehead atoms. The first-order chi connectivity index (χ1) is 18.3. The molecule has 1 aromatic heterocycles. The number of anilines is 3. The summed E-state index contributed by atoms with van der Waals surface area (Å²) in [5, 5.41) is 16.5. The fraction of sp³-hybridized carbons (Fsp3) is 0.481. The van der Waals surface area contributed by atoms with Crippen molar-refractivity contribution in [2.45, 2.75) is 58.9 Å². The molecule has 2 unspecified atom stereocenters. The third kappa shape index (κ3) is 7.50. The highest BCUT2D eigenvalue weighted by atomic mass is 16.5. The molecule has 0 spiro atoms. The lowest BCUT2D eigenvalue weighted by molar-refractivity contribution is -0.117. The molecule has 0 aliphatic heterocycles. The van der Waals surface area contributed by atoms with Gasteiger partial charge in [0.2, 0.25) is 5.91 Å². The summed E-state index contributed by atoms with van der Waals surface area (Å²) in [4.78, 5) is 33.6. The molecule has 0 saturated heterocycles. The molecular weight excluding hydrogens is 484 g/mol. The number of amides is 2. The first-order valence-electron chi connectivity index (χ1n) is 13.0. The highest BCUT2D eigenvalue weighted by molar-refractivity contribution is 6.05. The molecular formula is C27H38N8O3. The molecule has 38 heavy (non-hydrogen) atoms.